The lowest BCUT2D eigenvalue weighted by molar-refractivity contribution is 0.174. The number of hydrogen-bond acceptors (Lipinski definition) is 2. The van der Waals surface area contributed by atoms with Crippen LogP contribution in [0.5, 0.6) is 0 Å². The van der Waals surface area contributed by atoms with Crippen LogP contribution in [0.1, 0.15) is 26.7 Å². The largest absolute Gasteiger partial charge is 0.301 e. The summed E-state index contributed by atoms with van der Waals surface area (Å²) in [6.45, 7) is 6.97. The molecule has 2 unspecified atom stereocenters. The molecule has 0 aliphatic carbocycles. The maximum absolute atomic E-state index is 4.47. The highest BCUT2D eigenvalue weighted by Gasteiger charge is 2.21. The van der Waals surface area contributed by atoms with Gasteiger partial charge in [0.1, 0.15) is 0 Å². The van der Waals surface area contributed by atoms with E-state index >= 15 is 0 Å². The minimum absolute atomic E-state index is 0.651. The van der Waals surface area contributed by atoms with Gasteiger partial charge >= 0.3 is 0 Å². The van der Waals surface area contributed by atoms with Crippen molar-refractivity contribution >= 4 is 12.6 Å². The van der Waals surface area contributed by atoms with Crippen LogP contribution in [0.4, 0.5) is 0 Å². The highest BCUT2D eigenvalue weighted by Crippen LogP contribution is 2.20. The van der Waals surface area contributed by atoms with E-state index in [1.165, 1.54) is 25.9 Å². The highest BCUT2D eigenvalue weighted by atomic mass is 32.1. The first-order valence-corrected chi connectivity index (χ1v) is 4.67. The Morgan fingerprint density at radius 3 is 2.80 bits per heavy atom. The van der Waals surface area contributed by atoms with Crippen molar-refractivity contribution in [3.05, 3.63) is 0 Å². The second kappa shape index (κ2) is 3.63. The fourth-order valence-electron chi connectivity index (χ4n) is 1.67. The van der Waals surface area contributed by atoms with Crippen LogP contribution in [0, 0.1) is 0 Å². The molecule has 1 aliphatic heterocycles. The second-order valence-corrected chi connectivity index (χ2v) is 3.89. The summed E-state index contributed by atoms with van der Waals surface area (Å²) in [4.78, 5) is 2.52. The van der Waals surface area contributed by atoms with Gasteiger partial charge in [-0.15, -0.1) is 0 Å². The fraction of sp³-hybridized carbons (Fsp3) is 1.00. The molecule has 1 heterocycles. The molecule has 1 aliphatic rings. The summed E-state index contributed by atoms with van der Waals surface area (Å²) >= 11 is 4.47. The van der Waals surface area contributed by atoms with E-state index < -0.39 is 0 Å². The lowest BCUT2D eigenvalue weighted by Gasteiger charge is -2.35. The van der Waals surface area contributed by atoms with Crippen molar-refractivity contribution in [1.29, 1.82) is 0 Å². The van der Waals surface area contributed by atoms with E-state index in [1.54, 1.807) is 0 Å². The highest BCUT2D eigenvalue weighted by molar-refractivity contribution is 7.80. The first-order chi connectivity index (χ1) is 4.74. The Morgan fingerprint density at radius 1 is 1.60 bits per heavy atom. The van der Waals surface area contributed by atoms with E-state index in [-0.39, 0.29) is 0 Å². The molecule has 1 rings (SSSR count). The average Bonchev–Trinajstić information content (AvgIpc) is 1.88. The summed E-state index contributed by atoms with van der Waals surface area (Å²) in [5.41, 5.74) is 0. The van der Waals surface area contributed by atoms with Crippen molar-refractivity contribution in [1.82, 2.24) is 4.90 Å². The summed E-state index contributed by atoms with van der Waals surface area (Å²) in [5, 5.41) is 0.651. The van der Waals surface area contributed by atoms with Crippen LogP contribution >= 0.6 is 12.6 Å². The molecule has 60 valence electrons. The van der Waals surface area contributed by atoms with E-state index in [9.17, 15) is 0 Å². The van der Waals surface area contributed by atoms with Crippen molar-refractivity contribution in [2.75, 3.05) is 13.1 Å². The predicted octanol–water partition coefficient (Wildman–Crippen LogP) is 1.79. The molecular formula is C8H17NS. The molecule has 0 aromatic carbocycles. The zero-order valence-electron chi connectivity index (χ0n) is 6.88. The van der Waals surface area contributed by atoms with Crippen molar-refractivity contribution in [2.45, 2.75) is 38.0 Å². The van der Waals surface area contributed by atoms with Crippen LogP contribution in [-0.2, 0) is 0 Å². The molecule has 0 bridgehead atoms. The van der Waals surface area contributed by atoms with Crippen molar-refractivity contribution < 1.29 is 0 Å². The average molecular weight is 159 g/mol. The van der Waals surface area contributed by atoms with Crippen molar-refractivity contribution in [2.24, 2.45) is 0 Å². The number of thiol groups is 1. The van der Waals surface area contributed by atoms with Gasteiger partial charge in [0.05, 0.1) is 0 Å². The zero-order chi connectivity index (χ0) is 7.56. The predicted molar refractivity (Wildman–Crippen MR) is 48.7 cm³/mol. The van der Waals surface area contributed by atoms with Crippen LogP contribution in [0.2, 0.25) is 0 Å². The molecule has 0 spiro atoms. The monoisotopic (exact) mass is 159 g/mol. The SMILES string of the molecule is CCN1CCC(S)CC1C. The molecule has 1 nitrogen and oxygen atoms in total. The maximum atomic E-state index is 4.47. The van der Waals surface area contributed by atoms with Crippen molar-refractivity contribution in [3.63, 3.8) is 0 Å². The summed E-state index contributed by atoms with van der Waals surface area (Å²) in [6.07, 6.45) is 2.53. The molecule has 2 heteroatoms. The Hall–Kier alpha value is 0.310. The van der Waals surface area contributed by atoms with Crippen molar-refractivity contribution in [3.8, 4) is 0 Å². The van der Waals surface area contributed by atoms with Gasteiger partial charge in [-0.1, -0.05) is 6.92 Å². The van der Waals surface area contributed by atoms with Crippen LogP contribution in [-0.4, -0.2) is 29.3 Å². The minimum atomic E-state index is 0.651. The molecule has 0 radical (unpaired) electrons. The summed E-state index contributed by atoms with van der Waals surface area (Å²) in [7, 11) is 0. The number of rotatable bonds is 1. The molecule has 0 aromatic rings. The van der Waals surface area contributed by atoms with E-state index in [0.29, 0.717) is 5.25 Å². The Kier molecular flexibility index (Phi) is 3.05. The van der Waals surface area contributed by atoms with Gasteiger partial charge in [-0.25, -0.2) is 0 Å². The molecule has 0 amide bonds. The number of nitrogens with zero attached hydrogens (tertiary/aromatic N) is 1. The molecule has 0 aromatic heterocycles. The Labute approximate surface area is 69.2 Å². The Balaban J connectivity index is 2.36. The number of hydrogen-bond donors (Lipinski definition) is 1. The zero-order valence-corrected chi connectivity index (χ0v) is 7.77. The standard InChI is InChI=1S/C8H17NS/c1-3-9-5-4-8(10)6-7(9)2/h7-8,10H,3-6H2,1-2H3. The van der Waals surface area contributed by atoms with Crippen LogP contribution in [0.15, 0.2) is 0 Å². The van der Waals surface area contributed by atoms with Gasteiger partial charge in [0, 0.05) is 11.3 Å². The first kappa shape index (κ1) is 8.41. The van der Waals surface area contributed by atoms with Crippen LogP contribution in [0.3, 0.4) is 0 Å². The van der Waals surface area contributed by atoms with Crippen LogP contribution in [0.25, 0.3) is 0 Å². The van der Waals surface area contributed by atoms with E-state index in [1.807, 2.05) is 0 Å². The van der Waals surface area contributed by atoms with Gasteiger partial charge in [0.2, 0.25) is 0 Å². The van der Waals surface area contributed by atoms with Gasteiger partial charge in [0.25, 0.3) is 0 Å². The topological polar surface area (TPSA) is 3.24 Å². The number of piperidine rings is 1. The quantitative estimate of drug-likeness (QED) is 0.571. The molecule has 1 fully saturated rings. The molecule has 10 heavy (non-hydrogen) atoms. The lowest BCUT2D eigenvalue weighted by atomic mass is 10.0. The molecule has 1 saturated heterocycles. The third-order valence-corrected chi connectivity index (χ3v) is 2.86. The summed E-state index contributed by atoms with van der Waals surface area (Å²) < 4.78 is 0. The normalized spacial score (nSPS) is 36.3. The third-order valence-electron chi connectivity index (χ3n) is 2.39. The van der Waals surface area contributed by atoms with Gasteiger partial charge in [-0.3, -0.25) is 0 Å². The fourth-order valence-corrected chi connectivity index (χ4v) is 2.09. The molecule has 0 N–H and O–H groups in total. The smallest absolute Gasteiger partial charge is 0.00772 e. The van der Waals surface area contributed by atoms with Gasteiger partial charge in [-0.2, -0.15) is 12.6 Å². The molecular weight excluding hydrogens is 142 g/mol. The van der Waals surface area contributed by atoms with Gasteiger partial charge in [-0.05, 0) is 32.9 Å². The minimum Gasteiger partial charge on any atom is -0.301 e. The summed E-state index contributed by atoms with van der Waals surface area (Å²) in [5.74, 6) is 0. The second-order valence-electron chi connectivity index (χ2n) is 3.16. The molecule has 0 saturated carbocycles. The number of likely N-dealkylation sites (tertiary alicyclic amines) is 1. The van der Waals surface area contributed by atoms with E-state index in [0.717, 1.165) is 6.04 Å². The maximum Gasteiger partial charge on any atom is 0.00772 e. The Bertz CT molecular complexity index is 105. The van der Waals surface area contributed by atoms with Gasteiger partial charge in [0.15, 0.2) is 0 Å². The first-order valence-electron chi connectivity index (χ1n) is 4.16. The van der Waals surface area contributed by atoms with Gasteiger partial charge < -0.3 is 4.90 Å². The van der Waals surface area contributed by atoms with Crippen LogP contribution < -0.4 is 0 Å². The summed E-state index contributed by atoms with van der Waals surface area (Å²) in [6, 6.07) is 0.751. The lowest BCUT2D eigenvalue weighted by Crippen LogP contribution is -2.40. The third kappa shape index (κ3) is 1.89. The Morgan fingerprint density at radius 2 is 2.30 bits per heavy atom. The van der Waals surface area contributed by atoms with E-state index in [4.69, 9.17) is 0 Å². The van der Waals surface area contributed by atoms with E-state index in [2.05, 4.69) is 31.4 Å². The molecule has 2 atom stereocenters.